The number of nitrogens with zero attached hydrogens (tertiary/aromatic N) is 1. The maximum absolute atomic E-state index is 11.1. The van der Waals surface area contributed by atoms with Gasteiger partial charge in [0.2, 0.25) is 0 Å². The highest BCUT2D eigenvalue weighted by Crippen LogP contribution is 2.29. The van der Waals surface area contributed by atoms with Crippen molar-refractivity contribution in [1.29, 1.82) is 0 Å². The molecule has 0 radical (unpaired) electrons. The summed E-state index contributed by atoms with van der Waals surface area (Å²) in [5.41, 5.74) is 0.704. The van der Waals surface area contributed by atoms with E-state index in [1.807, 2.05) is 27.8 Å². The molecule has 2 N–H and O–H groups in total. The van der Waals surface area contributed by atoms with E-state index in [9.17, 15) is 4.79 Å². The van der Waals surface area contributed by atoms with Crippen LogP contribution in [0, 0.1) is 0 Å². The minimum Gasteiger partial charge on any atom is -0.477 e. The van der Waals surface area contributed by atoms with E-state index < -0.39 is 5.97 Å². The standard InChI is InChI=1S/C11H18N2O2S/c1-6(2)8-9(11(14)15)16-10(13-8)7(3)5-12-4/h6-7,12H,5H2,1-4H3,(H,14,15). The molecule has 4 nitrogen and oxygen atoms in total. The van der Waals surface area contributed by atoms with Crippen molar-refractivity contribution in [1.82, 2.24) is 10.3 Å². The lowest BCUT2D eigenvalue weighted by molar-refractivity contribution is 0.0700. The third kappa shape index (κ3) is 2.80. The molecule has 1 atom stereocenters. The van der Waals surface area contributed by atoms with Crippen LogP contribution in [0.25, 0.3) is 0 Å². The molecule has 1 unspecified atom stereocenters. The van der Waals surface area contributed by atoms with E-state index in [-0.39, 0.29) is 11.8 Å². The summed E-state index contributed by atoms with van der Waals surface area (Å²) in [6.45, 7) is 6.79. The van der Waals surface area contributed by atoms with Gasteiger partial charge in [-0.25, -0.2) is 9.78 Å². The van der Waals surface area contributed by atoms with Crippen LogP contribution in [0.4, 0.5) is 0 Å². The molecule has 0 amide bonds. The van der Waals surface area contributed by atoms with Crippen molar-refractivity contribution < 1.29 is 9.90 Å². The van der Waals surface area contributed by atoms with Gasteiger partial charge >= 0.3 is 5.97 Å². The molecule has 1 aromatic heterocycles. The van der Waals surface area contributed by atoms with Gasteiger partial charge in [-0.1, -0.05) is 20.8 Å². The SMILES string of the molecule is CNCC(C)c1nc(C(C)C)c(C(=O)O)s1. The van der Waals surface area contributed by atoms with Crippen LogP contribution in [0.15, 0.2) is 0 Å². The smallest absolute Gasteiger partial charge is 0.347 e. The average Bonchev–Trinajstić information content (AvgIpc) is 2.62. The maximum Gasteiger partial charge on any atom is 0.347 e. The second kappa shape index (κ2) is 5.41. The van der Waals surface area contributed by atoms with Crippen LogP contribution < -0.4 is 5.32 Å². The van der Waals surface area contributed by atoms with E-state index in [4.69, 9.17) is 5.11 Å². The highest BCUT2D eigenvalue weighted by molar-refractivity contribution is 7.13. The molecule has 0 spiro atoms. The molecule has 0 bridgehead atoms. The van der Waals surface area contributed by atoms with Crippen LogP contribution in [0.5, 0.6) is 0 Å². The Kier molecular flexibility index (Phi) is 4.44. The monoisotopic (exact) mass is 242 g/mol. The van der Waals surface area contributed by atoms with Crippen molar-refractivity contribution in [2.24, 2.45) is 0 Å². The molecule has 0 aliphatic carbocycles. The Labute approximate surface area is 99.7 Å². The second-order valence-electron chi connectivity index (χ2n) is 4.19. The molecule has 1 heterocycles. The van der Waals surface area contributed by atoms with Gasteiger partial charge in [0.25, 0.3) is 0 Å². The third-order valence-corrected chi connectivity index (χ3v) is 3.63. The number of thiazole rings is 1. The Morgan fingerprint density at radius 3 is 2.50 bits per heavy atom. The van der Waals surface area contributed by atoms with Gasteiger partial charge in [-0.3, -0.25) is 0 Å². The number of aromatic nitrogens is 1. The lowest BCUT2D eigenvalue weighted by atomic mass is 10.1. The summed E-state index contributed by atoms with van der Waals surface area (Å²) >= 11 is 1.29. The van der Waals surface area contributed by atoms with Gasteiger partial charge in [0.1, 0.15) is 4.88 Å². The first kappa shape index (κ1) is 13.1. The van der Waals surface area contributed by atoms with E-state index in [0.717, 1.165) is 11.6 Å². The summed E-state index contributed by atoms with van der Waals surface area (Å²) in [6, 6.07) is 0. The number of likely N-dealkylation sites (N-methyl/N-ethyl adjacent to an activating group) is 1. The first-order valence-electron chi connectivity index (χ1n) is 5.35. The number of hydrogen-bond donors (Lipinski definition) is 2. The third-order valence-electron chi connectivity index (χ3n) is 2.34. The Hall–Kier alpha value is -0.940. The minimum absolute atomic E-state index is 0.151. The Morgan fingerprint density at radius 2 is 2.12 bits per heavy atom. The first-order chi connectivity index (χ1) is 7.47. The average molecular weight is 242 g/mol. The fourth-order valence-corrected chi connectivity index (χ4v) is 2.61. The van der Waals surface area contributed by atoms with Crippen LogP contribution in [-0.2, 0) is 0 Å². The summed E-state index contributed by atoms with van der Waals surface area (Å²) in [7, 11) is 1.88. The van der Waals surface area contributed by atoms with Crippen molar-refractivity contribution in [2.75, 3.05) is 13.6 Å². The van der Waals surface area contributed by atoms with Crippen molar-refractivity contribution in [3.05, 3.63) is 15.6 Å². The van der Waals surface area contributed by atoms with Crippen LogP contribution in [0.1, 0.15) is 53.0 Å². The van der Waals surface area contributed by atoms with Gasteiger partial charge in [0.15, 0.2) is 0 Å². The van der Waals surface area contributed by atoms with Crippen molar-refractivity contribution in [2.45, 2.75) is 32.6 Å². The summed E-state index contributed by atoms with van der Waals surface area (Å²) in [6.07, 6.45) is 0. The molecule has 1 aromatic rings. The molecule has 0 fully saturated rings. The van der Waals surface area contributed by atoms with Crippen LogP contribution in [0.2, 0.25) is 0 Å². The zero-order chi connectivity index (χ0) is 12.3. The second-order valence-corrected chi connectivity index (χ2v) is 5.22. The van der Waals surface area contributed by atoms with Crippen LogP contribution in [-0.4, -0.2) is 29.7 Å². The van der Waals surface area contributed by atoms with Crippen molar-refractivity contribution >= 4 is 17.3 Å². The predicted octanol–water partition coefficient (Wildman–Crippen LogP) is 2.29. The van der Waals surface area contributed by atoms with E-state index in [1.165, 1.54) is 11.3 Å². The highest BCUT2D eigenvalue weighted by Gasteiger charge is 2.21. The first-order valence-corrected chi connectivity index (χ1v) is 6.17. The van der Waals surface area contributed by atoms with E-state index in [1.54, 1.807) is 0 Å². The topological polar surface area (TPSA) is 62.2 Å². The number of carbonyl (C=O) groups is 1. The minimum atomic E-state index is -0.871. The zero-order valence-electron chi connectivity index (χ0n) is 10.1. The molecule has 0 aromatic carbocycles. The van der Waals surface area contributed by atoms with Gasteiger partial charge in [-0.05, 0) is 13.0 Å². The normalized spacial score (nSPS) is 13.1. The predicted molar refractivity (Wildman–Crippen MR) is 65.5 cm³/mol. The van der Waals surface area contributed by atoms with Gasteiger partial charge in [-0.15, -0.1) is 11.3 Å². The van der Waals surface area contributed by atoms with Crippen molar-refractivity contribution in [3.8, 4) is 0 Å². The Bertz CT molecular complexity index is 374. The molecule has 90 valence electrons. The molecular weight excluding hydrogens is 224 g/mol. The molecule has 0 saturated carbocycles. The van der Waals surface area contributed by atoms with Gasteiger partial charge in [-0.2, -0.15) is 0 Å². The quantitative estimate of drug-likeness (QED) is 0.831. The van der Waals surface area contributed by atoms with Crippen LogP contribution >= 0.6 is 11.3 Å². The molecule has 1 rings (SSSR count). The Balaban J connectivity index is 3.06. The summed E-state index contributed by atoms with van der Waals surface area (Å²) in [5, 5.41) is 13.1. The fourth-order valence-electron chi connectivity index (χ4n) is 1.50. The molecule has 16 heavy (non-hydrogen) atoms. The summed E-state index contributed by atoms with van der Waals surface area (Å²) in [4.78, 5) is 15.9. The molecule has 0 aliphatic rings. The van der Waals surface area contributed by atoms with Crippen molar-refractivity contribution in [3.63, 3.8) is 0 Å². The number of nitrogens with one attached hydrogen (secondary N) is 1. The maximum atomic E-state index is 11.1. The summed E-state index contributed by atoms with van der Waals surface area (Å²) < 4.78 is 0. The number of rotatable bonds is 5. The number of hydrogen-bond acceptors (Lipinski definition) is 4. The Morgan fingerprint density at radius 1 is 1.50 bits per heavy atom. The molecule has 5 heteroatoms. The summed E-state index contributed by atoms with van der Waals surface area (Å²) in [5.74, 6) is -0.470. The number of carboxylic acids is 1. The van der Waals surface area contributed by atoms with E-state index >= 15 is 0 Å². The largest absolute Gasteiger partial charge is 0.477 e. The zero-order valence-corrected chi connectivity index (χ0v) is 10.9. The van der Waals surface area contributed by atoms with Gasteiger partial charge in [0, 0.05) is 12.5 Å². The van der Waals surface area contributed by atoms with Crippen LogP contribution in [0.3, 0.4) is 0 Å². The molecule has 0 aliphatic heterocycles. The van der Waals surface area contributed by atoms with Gasteiger partial charge < -0.3 is 10.4 Å². The highest BCUT2D eigenvalue weighted by atomic mass is 32.1. The van der Waals surface area contributed by atoms with E-state index in [2.05, 4.69) is 10.3 Å². The lowest BCUT2D eigenvalue weighted by Crippen LogP contribution is -2.14. The van der Waals surface area contributed by atoms with Gasteiger partial charge in [0.05, 0.1) is 10.7 Å². The number of carboxylic acid groups (broad SMARTS) is 1. The fraction of sp³-hybridized carbons (Fsp3) is 0.636. The number of aromatic carboxylic acids is 1. The molecular formula is C11H18N2O2S. The van der Waals surface area contributed by atoms with E-state index in [0.29, 0.717) is 10.6 Å². The lowest BCUT2D eigenvalue weighted by Gasteiger charge is -2.06. The molecule has 0 saturated heterocycles.